The maximum atomic E-state index is 13.3. The minimum Gasteiger partial charge on any atom is -0.496 e. The van der Waals surface area contributed by atoms with Crippen LogP contribution in [0.15, 0.2) is 18.2 Å². The van der Waals surface area contributed by atoms with Crippen LogP contribution in [0.5, 0.6) is 5.75 Å². The van der Waals surface area contributed by atoms with Crippen LogP contribution in [0.25, 0.3) is 0 Å². The van der Waals surface area contributed by atoms with Gasteiger partial charge in [0.2, 0.25) is 0 Å². The lowest BCUT2D eigenvalue weighted by Gasteiger charge is -2.21. The van der Waals surface area contributed by atoms with Crippen molar-refractivity contribution in [3.05, 3.63) is 29.6 Å². The molecule has 3 nitrogen and oxygen atoms in total. The van der Waals surface area contributed by atoms with E-state index in [0.717, 1.165) is 30.7 Å². The van der Waals surface area contributed by atoms with Gasteiger partial charge in [-0.2, -0.15) is 0 Å². The summed E-state index contributed by atoms with van der Waals surface area (Å²) in [5.74, 6) is 0.852. The van der Waals surface area contributed by atoms with E-state index in [1.807, 2.05) is 0 Å². The van der Waals surface area contributed by atoms with Crippen LogP contribution in [0, 0.1) is 5.82 Å². The molecule has 1 saturated heterocycles. The molecule has 0 spiro atoms. The van der Waals surface area contributed by atoms with Crippen LogP contribution >= 0.6 is 0 Å². The van der Waals surface area contributed by atoms with E-state index < -0.39 is 0 Å². The topological polar surface area (TPSA) is 47.3 Å². The average molecular weight is 238 g/mol. The highest BCUT2D eigenvalue weighted by Crippen LogP contribution is 2.35. The van der Waals surface area contributed by atoms with E-state index in [-0.39, 0.29) is 5.82 Å². The average Bonchev–Trinajstić information content (AvgIpc) is 2.77. The summed E-state index contributed by atoms with van der Waals surface area (Å²) in [6.45, 7) is 1.60. The van der Waals surface area contributed by atoms with Gasteiger partial charge >= 0.3 is 0 Å². The first kappa shape index (κ1) is 12.3. The molecule has 94 valence electrons. The van der Waals surface area contributed by atoms with Gasteiger partial charge in [0.05, 0.1) is 7.11 Å². The molecule has 2 unspecified atom stereocenters. The number of nitrogens with two attached hydrogens (primary N) is 1. The fraction of sp³-hybridized carbons (Fsp3) is 0.538. The molecule has 1 fully saturated rings. The first-order valence-corrected chi connectivity index (χ1v) is 6.03. The minimum atomic E-state index is -0.209. The predicted molar refractivity (Wildman–Crippen MR) is 65.8 cm³/mol. The van der Waals surface area contributed by atoms with E-state index in [9.17, 15) is 4.39 Å². The molecule has 0 amide bonds. The Hall–Kier alpha value is -1.13. The minimum absolute atomic E-state index is 0.209. The largest absolute Gasteiger partial charge is 0.496 e. The van der Waals surface area contributed by atoms with Crippen LogP contribution in [-0.2, 0) is 0 Å². The van der Waals surface area contributed by atoms with Gasteiger partial charge in [-0.3, -0.25) is 0 Å². The molecule has 4 heteroatoms. The third kappa shape index (κ3) is 2.58. The highest BCUT2D eigenvalue weighted by atomic mass is 19.1. The molecule has 17 heavy (non-hydrogen) atoms. The van der Waals surface area contributed by atoms with Crippen LogP contribution in [0.3, 0.4) is 0 Å². The van der Waals surface area contributed by atoms with Gasteiger partial charge in [0, 0.05) is 17.5 Å². The number of methoxy groups -OCH3 is 1. The highest BCUT2D eigenvalue weighted by Gasteiger charge is 2.29. The molecule has 3 N–H and O–H groups in total. The zero-order valence-corrected chi connectivity index (χ0v) is 10.1. The molecule has 1 aliphatic rings. The van der Waals surface area contributed by atoms with Crippen molar-refractivity contribution in [3.63, 3.8) is 0 Å². The number of hydrogen-bond acceptors (Lipinski definition) is 3. The number of rotatable bonds is 4. The Kier molecular flexibility index (Phi) is 3.97. The lowest BCUT2D eigenvalue weighted by molar-refractivity contribution is 0.398. The summed E-state index contributed by atoms with van der Waals surface area (Å²) in [6, 6.07) is 5.04. The fourth-order valence-corrected chi connectivity index (χ4v) is 2.62. The maximum Gasteiger partial charge on any atom is 0.123 e. The molecule has 2 atom stereocenters. The Bertz CT molecular complexity index is 384. The van der Waals surface area contributed by atoms with Crippen molar-refractivity contribution in [1.29, 1.82) is 0 Å². The quantitative estimate of drug-likeness (QED) is 0.838. The smallest absolute Gasteiger partial charge is 0.123 e. The van der Waals surface area contributed by atoms with E-state index in [0.29, 0.717) is 18.5 Å². The van der Waals surface area contributed by atoms with Crippen LogP contribution < -0.4 is 15.8 Å². The number of halogens is 1. The number of ether oxygens (including phenoxy) is 1. The summed E-state index contributed by atoms with van der Waals surface area (Å²) in [7, 11) is 1.62. The monoisotopic (exact) mass is 238 g/mol. The Labute approximate surface area is 101 Å². The van der Waals surface area contributed by atoms with Crippen molar-refractivity contribution in [2.75, 3.05) is 20.2 Å². The van der Waals surface area contributed by atoms with E-state index >= 15 is 0 Å². The van der Waals surface area contributed by atoms with Gasteiger partial charge < -0.3 is 15.8 Å². The molecule has 0 aliphatic carbocycles. The van der Waals surface area contributed by atoms with Crippen molar-refractivity contribution in [3.8, 4) is 5.75 Å². The Morgan fingerprint density at radius 2 is 2.35 bits per heavy atom. The lowest BCUT2D eigenvalue weighted by atomic mass is 9.89. The molecule has 0 aromatic heterocycles. The molecule has 1 aliphatic heterocycles. The summed E-state index contributed by atoms with van der Waals surface area (Å²) in [4.78, 5) is 0. The van der Waals surface area contributed by atoms with Crippen LogP contribution in [0.2, 0.25) is 0 Å². The molecule has 1 aromatic carbocycles. The van der Waals surface area contributed by atoms with Crippen molar-refractivity contribution in [2.24, 2.45) is 5.73 Å². The van der Waals surface area contributed by atoms with Gasteiger partial charge in [-0.15, -0.1) is 0 Å². The van der Waals surface area contributed by atoms with E-state index in [2.05, 4.69) is 5.32 Å². The Morgan fingerprint density at radius 1 is 1.53 bits per heavy atom. The van der Waals surface area contributed by atoms with Gasteiger partial charge in [-0.05, 0) is 44.1 Å². The summed E-state index contributed by atoms with van der Waals surface area (Å²) < 4.78 is 18.7. The summed E-state index contributed by atoms with van der Waals surface area (Å²) in [5.41, 5.74) is 6.56. The van der Waals surface area contributed by atoms with Gasteiger partial charge in [0.1, 0.15) is 11.6 Å². The fourth-order valence-electron chi connectivity index (χ4n) is 2.62. The zero-order valence-electron chi connectivity index (χ0n) is 10.1. The summed E-state index contributed by atoms with van der Waals surface area (Å²) >= 11 is 0. The van der Waals surface area contributed by atoms with Gasteiger partial charge in [0.25, 0.3) is 0 Å². The van der Waals surface area contributed by atoms with Gasteiger partial charge in [-0.1, -0.05) is 0 Å². The summed E-state index contributed by atoms with van der Waals surface area (Å²) in [5, 5.41) is 3.42. The second kappa shape index (κ2) is 5.47. The van der Waals surface area contributed by atoms with Crippen molar-refractivity contribution in [1.82, 2.24) is 5.32 Å². The van der Waals surface area contributed by atoms with E-state index in [1.54, 1.807) is 19.2 Å². The highest BCUT2D eigenvalue weighted by molar-refractivity contribution is 5.38. The van der Waals surface area contributed by atoms with Crippen LogP contribution in [0.4, 0.5) is 4.39 Å². The lowest BCUT2D eigenvalue weighted by Crippen LogP contribution is -2.28. The van der Waals surface area contributed by atoms with Gasteiger partial charge in [-0.25, -0.2) is 4.39 Å². The molecule has 2 rings (SSSR count). The Morgan fingerprint density at radius 3 is 3.06 bits per heavy atom. The van der Waals surface area contributed by atoms with Crippen LogP contribution in [-0.4, -0.2) is 26.2 Å². The number of nitrogens with one attached hydrogen (secondary N) is 1. The normalized spacial score (nSPS) is 23.9. The molecule has 0 bridgehead atoms. The van der Waals surface area contributed by atoms with Gasteiger partial charge in [0.15, 0.2) is 0 Å². The molecule has 1 aromatic rings. The van der Waals surface area contributed by atoms with Crippen molar-refractivity contribution < 1.29 is 9.13 Å². The first-order valence-electron chi connectivity index (χ1n) is 6.03. The van der Waals surface area contributed by atoms with Crippen molar-refractivity contribution >= 4 is 0 Å². The predicted octanol–water partition coefficient (Wildman–Crippen LogP) is 1.63. The second-order valence-corrected chi connectivity index (χ2v) is 4.42. The molecule has 0 saturated carbocycles. The molecule has 1 heterocycles. The molecular weight excluding hydrogens is 219 g/mol. The number of hydrogen-bond donors (Lipinski definition) is 2. The summed E-state index contributed by atoms with van der Waals surface area (Å²) in [6.07, 6.45) is 1.91. The zero-order chi connectivity index (χ0) is 12.3. The molecule has 0 radical (unpaired) electrons. The number of benzene rings is 1. The first-order chi connectivity index (χ1) is 8.26. The van der Waals surface area contributed by atoms with Crippen molar-refractivity contribution in [2.45, 2.75) is 24.8 Å². The SMILES string of the molecule is COc1ccc(F)cc1C1CCNC1CCN. The second-order valence-electron chi connectivity index (χ2n) is 4.42. The third-order valence-electron chi connectivity index (χ3n) is 3.42. The van der Waals surface area contributed by atoms with Crippen LogP contribution in [0.1, 0.15) is 24.3 Å². The third-order valence-corrected chi connectivity index (χ3v) is 3.42. The Balaban J connectivity index is 2.28. The van der Waals surface area contributed by atoms with E-state index in [1.165, 1.54) is 6.07 Å². The standard InChI is InChI=1S/C13H19FN2O/c1-17-13-3-2-9(14)8-11(13)10-5-7-16-12(10)4-6-15/h2-3,8,10,12,16H,4-7,15H2,1H3. The molecular formula is C13H19FN2O. The van der Waals surface area contributed by atoms with E-state index in [4.69, 9.17) is 10.5 Å². The maximum absolute atomic E-state index is 13.3.